The molecule has 25 heavy (non-hydrogen) atoms. The van der Waals surface area contributed by atoms with Crippen molar-refractivity contribution in [3.05, 3.63) is 86.2 Å². The van der Waals surface area contributed by atoms with Crippen molar-refractivity contribution in [1.29, 1.82) is 0 Å². The molecular weight excluding hydrogens is 348 g/mol. The topological polar surface area (TPSA) is 30.2 Å². The summed E-state index contributed by atoms with van der Waals surface area (Å²) in [5.41, 5.74) is 1.00. The molecule has 0 aliphatic rings. The van der Waals surface area contributed by atoms with Gasteiger partial charge in [0.1, 0.15) is 5.58 Å². The largest absolute Gasteiger partial charge is 0.422 e. The quantitative estimate of drug-likeness (QED) is 0.393. The molecule has 0 spiro atoms. The highest BCUT2D eigenvalue weighted by molar-refractivity contribution is 7.15. The van der Waals surface area contributed by atoms with Crippen LogP contribution in [0.5, 0.6) is 0 Å². The Morgan fingerprint density at radius 1 is 1.04 bits per heavy atom. The van der Waals surface area contributed by atoms with E-state index in [2.05, 4.69) is 35.7 Å². The summed E-state index contributed by atoms with van der Waals surface area (Å²) >= 11 is 3.41. The first-order valence-electron chi connectivity index (χ1n) is 8.11. The molecule has 1 aromatic carbocycles. The molecule has 0 bridgehead atoms. The van der Waals surface area contributed by atoms with Gasteiger partial charge in [-0.15, -0.1) is 22.7 Å². The Morgan fingerprint density at radius 3 is 2.84 bits per heavy atom. The highest BCUT2D eigenvalue weighted by Crippen LogP contribution is 2.28. The van der Waals surface area contributed by atoms with Crippen molar-refractivity contribution in [2.24, 2.45) is 0 Å². The predicted octanol–water partition coefficient (Wildman–Crippen LogP) is 6.23. The van der Waals surface area contributed by atoms with Crippen LogP contribution in [0, 0.1) is 0 Å². The van der Waals surface area contributed by atoms with Crippen LogP contribution in [-0.2, 0) is 6.42 Å². The van der Waals surface area contributed by atoms with E-state index in [0.717, 1.165) is 23.1 Å². The summed E-state index contributed by atoms with van der Waals surface area (Å²) in [6.45, 7) is 0. The first kappa shape index (κ1) is 16.1. The van der Waals surface area contributed by atoms with Crippen molar-refractivity contribution >= 4 is 39.7 Å². The molecule has 4 heteroatoms. The fourth-order valence-electron chi connectivity index (χ4n) is 2.70. The standard InChI is InChI=1S/C21H16O2S2/c22-21-18(14-15-6-1-4-10-19(15)23-21)20-12-11-17(25-20)8-3-2-7-16-9-5-13-24-16/h1-2,4-7,9-14H,3,8H2/b7-2+. The smallest absolute Gasteiger partial charge is 0.345 e. The van der Waals surface area contributed by atoms with Gasteiger partial charge in [-0.05, 0) is 54.6 Å². The van der Waals surface area contributed by atoms with E-state index in [1.807, 2.05) is 36.4 Å². The van der Waals surface area contributed by atoms with Gasteiger partial charge in [-0.3, -0.25) is 0 Å². The van der Waals surface area contributed by atoms with E-state index in [0.29, 0.717) is 11.1 Å². The lowest BCUT2D eigenvalue weighted by atomic mass is 10.1. The van der Waals surface area contributed by atoms with Crippen LogP contribution in [0.1, 0.15) is 16.2 Å². The van der Waals surface area contributed by atoms with Crippen LogP contribution in [0.4, 0.5) is 0 Å². The molecule has 0 atom stereocenters. The Bertz CT molecular complexity index is 1070. The average Bonchev–Trinajstić information content (AvgIpc) is 3.30. The molecule has 0 amide bonds. The maximum atomic E-state index is 12.3. The molecule has 0 radical (unpaired) electrons. The molecule has 0 unspecified atom stereocenters. The zero-order chi connectivity index (χ0) is 17.1. The molecule has 0 saturated carbocycles. The van der Waals surface area contributed by atoms with Gasteiger partial charge in [0.2, 0.25) is 0 Å². The van der Waals surface area contributed by atoms with E-state index in [1.54, 1.807) is 22.7 Å². The molecule has 124 valence electrons. The minimum Gasteiger partial charge on any atom is -0.422 e. The number of para-hydroxylation sites is 1. The number of rotatable bonds is 5. The van der Waals surface area contributed by atoms with Gasteiger partial charge in [0, 0.05) is 20.0 Å². The Hall–Kier alpha value is -2.43. The van der Waals surface area contributed by atoms with Crippen molar-refractivity contribution in [2.45, 2.75) is 12.8 Å². The maximum absolute atomic E-state index is 12.3. The van der Waals surface area contributed by atoms with Crippen LogP contribution in [0.25, 0.3) is 27.5 Å². The Balaban J connectivity index is 1.51. The van der Waals surface area contributed by atoms with Gasteiger partial charge in [0.25, 0.3) is 0 Å². The van der Waals surface area contributed by atoms with E-state index in [1.165, 1.54) is 9.75 Å². The molecule has 0 N–H and O–H groups in total. The monoisotopic (exact) mass is 364 g/mol. The van der Waals surface area contributed by atoms with Crippen LogP contribution in [0.15, 0.2) is 75.3 Å². The lowest BCUT2D eigenvalue weighted by molar-refractivity contribution is 0.564. The number of hydrogen-bond donors (Lipinski definition) is 0. The Kier molecular flexibility index (Phi) is 4.63. The molecule has 3 aromatic heterocycles. The lowest BCUT2D eigenvalue weighted by Crippen LogP contribution is -2.01. The number of fused-ring (bicyclic) bond motifs is 1. The van der Waals surface area contributed by atoms with Gasteiger partial charge in [0.15, 0.2) is 0 Å². The second-order valence-corrected chi connectivity index (χ2v) is 7.86. The molecule has 4 rings (SSSR count). The molecule has 3 heterocycles. The highest BCUT2D eigenvalue weighted by atomic mass is 32.1. The van der Waals surface area contributed by atoms with E-state index in [4.69, 9.17) is 4.42 Å². The predicted molar refractivity (Wildman–Crippen MR) is 107 cm³/mol. The number of benzene rings is 1. The third-order valence-electron chi connectivity index (χ3n) is 3.95. The van der Waals surface area contributed by atoms with Crippen molar-refractivity contribution in [2.75, 3.05) is 0 Å². The first-order valence-corrected chi connectivity index (χ1v) is 9.81. The third kappa shape index (κ3) is 3.65. The summed E-state index contributed by atoms with van der Waals surface area (Å²) in [6, 6.07) is 17.8. The summed E-state index contributed by atoms with van der Waals surface area (Å²) in [5.74, 6) is 0. The molecule has 4 aromatic rings. The SMILES string of the molecule is O=c1oc2ccccc2cc1-c1ccc(CC/C=C/c2cccs2)s1. The highest BCUT2D eigenvalue weighted by Gasteiger charge is 2.10. The summed E-state index contributed by atoms with van der Waals surface area (Å²) in [7, 11) is 0. The van der Waals surface area contributed by atoms with Gasteiger partial charge in [-0.2, -0.15) is 0 Å². The van der Waals surface area contributed by atoms with Crippen molar-refractivity contribution in [3.8, 4) is 10.4 Å². The van der Waals surface area contributed by atoms with Gasteiger partial charge in [0.05, 0.1) is 5.56 Å². The van der Waals surface area contributed by atoms with E-state index >= 15 is 0 Å². The van der Waals surface area contributed by atoms with Crippen LogP contribution in [0.2, 0.25) is 0 Å². The second-order valence-electron chi connectivity index (χ2n) is 5.71. The number of thiophene rings is 2. The molecule has 0 aliphatic carbocycles. The molecule has 0 fully saturated rings. The maximum Gasteiger partial charge on any atom is 0.345 e. The summed E-state index contributed by atoms with van der Waals surface area (Å²) in [6.07, 6.45) is 6.34. The Morgan fingerprint density at radius 2 is 1.96 bits per heavy atom. The van der Waals surface area contributed by atoms with Crippen LogP contribution >= 0.6 is 22.7 Å². The molecule has 0 saturated heterocycles. The van der Waals surface area contributed by atoms with Gasteiger partial charge in [-0.1, -0.05) is 30.3 Å². The minimum absolute atomic E-state index is 0.273. The summed E-state index contributed by atoms with van der Waals surface area (Å²) < 4.78 is 5.44. The van der Waals surface area contributed by atoms with E-state index < -0.39 is 0 Å². The van der Waals surface area contributed by atoms with Gasteiger partial charge in [-0.25, -0.2) is 4.79 Å². The zero-order valence-corrected chi connectivity index (χ0v) is 15.1. The van der Waals surface area contributed by atoms with Crippen LogP contribution < -0.4 is 5.63 Å². The minimum atomic E-state index is -0.273. The fourth-order valence-corrected chi connectivity index (χ4v) is 4.37. The van der Waals surface area contributed by atoms with Crippen LogP contribution in [-0.4, -0.2) is 0 Å². The number of aryl methyl sites for hydroxylation is 1. The van der Waals surface area contributed by atoms with Crippen molar-refractivity contribution < 1.29 is 4.42 Å². The van der Waals surface area contributed by atoms with Crippen LogP contribution in [0.3, 0.4) is 0 Å². The molecule has 2 nitrogen and oxygen atoms in total. The molecule has 0 aliphatic heterocycles. The Labute approximate surface area is 153 Å². The zero-order valence-electron chi connectivity index (χ0n) is 13.5. The lowest BCUT2D eigenvalue weighted by Gasteiger charge is -1.99. The van der Waals surface area contributed by atoms with E-state index in [9.17, 15) is 4.79 Å². The molecular formula is C21H16O2S2. The van der Waals surface area contributed by atoms with Crippen molar-refractivity contribution in [1.82, 2.24) is 0 Å². The summed E-state index contributed by atoms with van der Waals surface area (Å²) in [4.78, 5) is 15.8. The second kappa shape index (κ2) is 7.21. The first-order chi connectivity index (χ1) is 12.3. The third-order valence-corrected chi connectivity index (χ3v) is 5.97. The fraction of sp³-hybridized carbons (Fsp3) is 0.0952. The average molecular weight is 364 g/mol. The number of hydrogen-bond acceptors (Lipinski definition) is 4. The van der Waals surface area contributed by atoms with E-state index in [-0.39, 0.29) is 5.63 Å². The van der Waals surface area contributed by atoms with Crippen molar-refractivity contribution in [3.63, 3.8) is 0 Å². The number of allylic oxidation sites excluding steroid dienone is 1. The van der Waals surface area contributed by atoms with Gasteiger partial charge < -0.3 is 4.42 Å². The normalized spacial score (nSPS) is 11.5. The van der Waals surface area contributed by atoms with Gasteiger partial charge >= 0.3 is 5.63 Å². The summed E-state index contributed by atoms with van der Waals surface area (Å²) in [5, 5.41) is 3.03.